The summed E-state index contributed by atoms with van der Waals surface area (Å²) in [5, 5.41) is 5.16. The van der Waals surface area contributed by atoms with Crippen LogP contribution in [0.25, 0.3) is 55.0 Å². The number of fused-ring (bicyclic) bond motifs is 14. The van der Waals surface area contributed by atoms with Crippen LogP contribution in [0.2, 0.25) is 0 Å². The van der Waals surface area contributed by atoms with Gasteiger partial charge in [0.2, 0.25) is 13.4 Å². The summed E-state index contributed by atoms with van der Waals surface area (Å²) in [7, 11) is 0. The van der Waals surface area contributed by atoms with Crippen LogP contribution in [0, 0.1) is 0 Å². The maximum Gasteiger partial charge on any atom is 0.247 e. The molecule has 6 heterocycles. The molecular weight excluding hydrogens is 826 g/mol. The molecule has 4 aliphatic rings. The van der Waals surface area contributed by atoms with Crippen molar-refractivity contribution in [2.75, 3.05) is 0 Å². The van der Waals surface area contributed by atoms with Gasteiger partial charge in [0.15, 0.2) is 0 Å². The van der Waals surface area contributed by atoms with Crippen molar-refractivity contribution in [3.8, 4) is 11.4 Å². The number of hydrogen-bond acceptors (Lipinski definition) is 4. The summed E-state index contributed by atoms with van der Waals surface area (Å²) < 4.78 is 4.97. The zero-order valence-corrected chi connectivity index (χ0v) is 36.3. The van der Waals surface area contributed by atoms with Gasteiger partial charge in [0.25, 0.3) is 0 Å². The van der Waals surface area contributed by atoms with E-state index >= 15 is 0 Å². The van der Waals surface area contributed by atoms with Crippen molar-refractivity contribution >= 4 is 137 Å². The number of hydrogen-bond donors (Lipinski definition) is 0. The third-order valence-electron chi connectivity index (χ3n) is 13.5. The minimum Gasteiger partial charge on any atom is -0.309 e. The highest BCUT2D eigenvalue weighted by atomic mass is 32.2. The van der Waals surface area contributed by atoms with Crippen LogP contribution in [-0.2, 0) is 0 Å². The van der Waals surface area contributed by atoms with Crippen molar-refractivity contribution in [3.05, 3.63) is 182 Å². The van der Waals surface area contributed by atoms with Crippen molar-refractivity contribution in [3.63, 3.8) is 0 Å². The maximum atomic E-state index is 2.63. The van der Waals surface area contributed by atoms with Gasteiger partial charge in [-0.3, -0.25) is 0 Å². The lowest BCUT2D eigenvalue weighted by molar-refractivity contribution is 1.14. The topological polar surface area (TPSA) is 9.86 Å². The van der Waals surface area contributed by atoms with Gasteiger partial charge in [-0.15, -0.1) is 0 Å². The Morgan fingerprint density at radius 3 is 0.984 bits per heavy atom. The molecule has 0 radical (unpaired) electrons. The molecule has 0 saturated carbocycles. The Hall–Kier alpha value is -5.89. The van der Waals surface area contributed by atoms with E-state index in [1.54, 1.807) is 0 Å². The first-order valence-electron chi connectivity index (χ1n) is 21.1. The van der Waals surface area contributed by atoms with Crippen molar-refractivity contribution in [2.45, 2.75) is 39.2 Å². The summed E-state index contributed by atoms with van der Waals surface area (Å²) in [6, 6.07) is 68.9. The van der Waals surface area contributed by atoms with E-state index in [4.69, 9.17) is 0 Å². The fraction of sp³-hybridized carbons (Fsp3) is 0. The van der Waals surface area contributed by atoms with Crippen LogP contribution >= 0.6 is 47.0 Å². The molecule has 11 aromatic rings. The molecule has 2 nitrogen and oxygen atoms in total. The quantitative estimate of drug-likeness (QED) is 0.160. The van der Waals surface area contributed by atoms with E-state index in [1.807, 2.05) is 47.0 Å². The lowest BCUT2D eigenvalue weighted by atomic mass is 9.33. The largest absolute Gasteiger partial charge is 0.309 e. The van der Waals surface area contributed by atoms with Crippen LogP contribution in [-0.4, -0.2) is 22.6 Å². The van der Waals surface area contributed by atoms with E-state index in [0.29, 0.717) is 0 Å². The number of para-hydroxylation sites is 4. The fourth-order valence-corrected chi connectivity index (χ4v) is 16.1. The smallest absolute Gasteiger partial charge is 0.247 e. The first-order valence-corrected chi connectivity index (χ1v) is 24.4. The third kappa shape index (κ3) is 4.70. The third-order valence-corrected chi connectivity index (χ3v) is 18.1. The number of aromatic nitrogens is 2. The highest BCUT2D eigenvalue weighted by molar-refractivity contribution is 8.02. The van der Waals surface area contributed by atoms with Crippen LogP contribution in [0.5, 0.6) is 0 Å². The average molecular weight is 857 g/mol. The maximum absolute atomic E-state index is 2.63. The van der Waals surface area contributed by atoms with Crippen LogP contribution in [0.1, 0.15) is 0 Å². The summed E-state index contributed by atoms with van der Waals surface area (Å²) in [5.74, 6) is 0. The van der Waals surface area contributed by atoms with Gasteiger partial charge in [0.1, 0.15) is 0 Å². The van der Waals surface area contributed by atoms with E-state index in [1.165, 1.54) is 127 Å². The van der Waals surface area contributed by atoms with Crippen LogP contribution in [0.3, 0.4) is 0 Å². The van der Waals surface area contributed by atoms with Crippen LogP contribution in [0.4, 0.5) is 0 Å². The molecule has 62 heavy (non-hydrogen) atoms. The molecule has 0 spiro atoms. The number of benzene rings is 9. The average Bonchev–Trinajstić information content (AvgIpc) is 3.84. The van der Waals surface area contributed by atoms with Gasteiger partial charge in [-0.05, 0) is 77.7 Å². The first kappa shape index (κ1) is 34.7. The van der Waals surface area contributed by atoms with Crippen molar-refractivity contribution in [1.29, 1.82) is 0 Å². The Labute approximate surface area is 375 Å². The summed E-state index contributed by atoms with van der Waals surface area (Å²) in [4.78, 5) is 10.9. The molecule has 0 bridgehead atoms. The molecule has 15 rings (SSSR count). The Morgan fingerprint density at radius 2 is 0.597 bits per heavy atom. The van der Waals surface area contributed by atoms with E-state index in [9.17, 15) is 0 Å². The molecule has 0 fully saturated rings. The standard InChI is InChI=1S/C54H30B2N2S4/c1-7-19-41-33(13-1)34-14-2-8-20-42(34)57(41)31-25-49-53-51(27-31)61-47-30-48-40(29-39(47)55(53)37-17-5-11-23-45(37)59-49)56-38-18-6-12-24-46(38)60-50-26-32(28-52(62-48)54(50)56)58-43-21-9-3-15-35(43)36-16-4-10-22-44(36)58/h1-30H. The zero-order valence-electron chi connectivity index (χ0n) is 33.0. The number of rotatable bonds is 2. The molecule has 0 atom stereocenters. The Bertz CT molecular complexity index is 3460. The molecule has 0 N–H and O–H groups in total. The molecule has 0 saturated heterocycles. The van der Waals surface area contributed by atoms with Crippen LogP contribution < -0.4 is 32.8 Å². The summed E-state index contributed by atoms with van der Waals surface area (Å²) in [6.07, 6.45) is 0. The Balaban J connectivity index is 0.948. The Kier molecular flexibility index (Phi) is 7.18. The zero-order chi connectivity index (χ0) is 40.2. The number of nitrogens with zero attached hydrogens (tertiary/aromatic N) is 2. The second kappa shape index (κ2) is 12.8. The summed E-state index contributed by atoms with van der Waals surface area (Å²) in [5.41, 5.74) is 16.0. The van der Waals surface area contributed by atoms with E-state index < -0.39 is 0 Å². The van der Waals surface area contributed by atoms with E-state index in [0.717, 1.165) is 0 Å². The minimum atomic E-state index is 0.156. The molecule has 0 unspecified atom stereocenters. The van der Waals surface area contributed by atoms with Gasteiger partial charge >= 0.3 is 0 Å². The second-order valence-electron chi connectivity index (χ2n) is 16.7. The predicted molar refractivity (Wildman–Crippen MR) is 267 cm³/mol. The molecule has 0 aliphatic carbocycles. The van der Waals surface area contributed by atoms with Crippen molar-refractivity contribution in [2.24, 2.45) is 0 Å². The van der Waals surface area contributed by atoms with Crippen LogP contribution in [0.15, 0.2) is 221 Å². The van der Waals surface area contributed by atoms with Crippen molar-refractivity contribution in [1.82, 2.24) is 9.13 Å². The SMILES string of the molecule is c1ccc2c(c1)Sc1cc(-n3c4ccccc4c4ccccc43)cc3c1B2c1cc2c(cc1S3)Sc1cc(-n3c4ccccc4c4ccccc43)cc3c1B2c1ccccc1S3. The van der Waals surface area contributed by atoms with Gasteiger partial charge in [-0.1, -0.05) is 184 Å². The lowest BCUT2D eigenvalue weighted by Crippen LogP contribution is -2.62. The van der Waals surface area contributed by atoms with Gasteiger partial charge in [0.05, 0.1) is 22.1 Å². The summed E-state index contributed by atoms with van der Waals surface area (Å²) >= 11 is 7.81. The molecule has 4 aliphatic heterocycles. The van der Waals surface area contributed by atoms with Gasteiger partial charge in [0, 0.05) is 72.1 Å². The second-order valence-corrected chi connectivity index (χ2v) is 21.1. The van der Waals surface area contributed by atoms with Gasteiger partial charge in [-0.2, -0.15) is 0 Å². The molecule has 0 amide bonds. The molecule has 286 valence electrons. The highest BCUT2D eigenvalue weighted by Crippen LogP contribution is 2.45. The fourth-order valence-electron chi connectivity index (χ4n) is 11.0. The molecule has 9 aromatic carbocycles. The molecule has 2 aromatic heterocycles. The summed E-state index contributed by atoms with van der Waals surface area (Å²) in [6.45, 7) is 0.311. The molecule has 8 heteroatoms. The first-order chi connectivity index (χ1) is 30.7. The van der Waals surface area contributed by atoms with E-state index in [-0.39, 0.29) is 13.4 Å². The van der Waals surface area contributed by atoms with E-state index in [2.05, 4.69) is 191 Å². The molecular formula is C54H30B2N2S4. The minimum absolute atomic E-state index is 0.156. The normalized spacial score (nSPS) is 14.1. The predicted octanol–water partition coefficient (Wildman–Crippen LogP) is 10.8. The van der Waals surface area contributed by atoms with Gasteiger partial charge in [-0.25, -0.2) is 0 Å². The lowest BCUT2D eigenvalue weighted by Gasteiger charge is -2.37. The monoisotopic (exact) mass is 856 g/mol. The highest BCUT2D eigenvalue weighted by Gasteiger charge is 2.43. The van der Waals surface area contributed by atoms with Gasteiger partial charge < -0.3 is 9.13 Å². The Morgan fingerprint density at radius 1 is 0.274 bits per heavy atom. The van der Waals surface area contributed by atoms with Crippen molar-refractivity contribution < 1.29 is 0 Å².